The van der Waals surface area contributed by atoms with E-state index in [2.05, 4.69) is 27.2 Å². The van der Waals surface area contributed by atoms with E-state index in [1.54, 1.807) is 10.9 Å². The molecule has 0 bridgehead atoms. The van der Waals surface area contributed by atoms with Gasteiger partial charge in [0.15, 0.2) is 5.96 Å². The van der Waals surface area contributed by atoms with Crippen molar-refractivity contribution in [1.82, 2.24) is 25.0 Å². The standard InChI is InChI=1S/C18H25ClN6O.HI/c1-3-20-18(21-7-6-14-4-5-17(19)22-10-14)25-8-9-26-16(13-25)15-11-23-24(2)12-15;/h4-5,10-12,16H,3,6-9,13H2,1-2H3,(H,20,21);1H. The van der Waals surface area contributed by atoms with Crippen LogP contribution < -0.4 is 5.32 Å². The van der Waals surface area contributed by atoms with Gasteiger partial charge in [0.2, 0.25) is 0 Å². The van der Waals surface area contributed by atoms with Gasteiger partial charge in [0, 0.05) is 44.6 Å². The molecule has 0 aromatic carbocycles. The molecule has 2 aromatic rings. The molecule has 0 spiro atoms. The first-order chi connectivity index (χ1) is 12.7. The zero-order valence-corrected chi connectivity index (χ0v) is 18.7. The van der Waals surface area contributed by atoms with Gasteiger partial charge in [-0.05, 0) is 25.0 Å². The lowest BCUT2D eigenvalue weighted by atomic mass is 10.1. The SMILES string of the molecule is CCNC(=NCCc1ccc(Cl)nc1)N1CCOC(c2cnn(C)c2)C1.I. The molecule has 1 saturated heterocycles. The summed E-state index contributed by atoms with van der Waals surface area (Å²) in [5, 5.41) is 8.15. The van der Waals surface area contributed by atoms with E-state index in [-0.39, 0.29) is 30.1 Å². The molecule has 3 heterocycles. The summed E-state index contributed by atoms with van der Waals surface area (Å²) in [5.74, 6) is 0.923. The fourth-order valence-corrected chi connectivity index (χ4v) is 3.03. The van der Waals surface area contributed by atoms with Gasteiger partial charge in [-0.15, -0.1) is 24.0 Å². The summed E-state index contributed by atoms with van der Waals surface area (Å²) in [5.41, 5.74) is 2.23. The van der Waals surface area contributed by atoms with Crippen molar-refractivity contribution in [3.05, 3.63) is 47.0 Å². The van der Waals surface area contributed by atoms with Crippen molar-refractivity contribution in [3.8, 4) is 0 Å². The van der Waals surface area contributed by atoms with E-state index in [0.717, 1.165) is 43.1 Å². The number of aliphatic imine (C=N–C) groups is 1. The number of ether oxygens (including phenoxy) is 1. The van der Waals surface area contributed by atoms with Gasteiger partial charge in [-0.1, -0.05) is 17.7 Å². The first-order valence-corrected chi connectivity index (χ1v) is 9.27. The van der Waals surface area contributed by atoms with E-state index in [4.69, 9.17) is 21.3 Å². The normalized spacial score (nSPS) is 17.5. The summed E-state index contributed by atoms with van der Waals surface area (Å²) < 4.78 is 7.72. The van der Waals surface area contributed by atoms with Crippen molar-refractivity contribution in [2.45, 2.75) is 19.4 Å². The highest BCUT2D eigenvalue weighted by atomic mass is 127. The molecule has 0 amide bonds. The molecule has 0 radical (unpaired) electrons. The van der Waals surface area contributed by atoms with E-state index in [0.29, 0.717) is 18.3 Å². The molecule has 0 saturated carbocycles. The lowest BCUT2D eigenvalue weighted by Crippen LogP contribution is -2.48. The molecule has 1 N–H and O–H groups in total. The number of aryl methyl sites for hydroxylation is 1. The smallest absolute Gasteiger partial charge is 0.194 e. The summed E-state index contributed by atoms with van der Waals surface area (Å²) >= 11 is 5.83. The van der Waals surface area contributed by atoms with Crippen molar-refractivity contribution >= 4 is 41.5 Å². The van der Waals surface area contributed by atoms with Gasteiger partial charge in [0.25, 0.3) is 0 Å². The number of morpholine rings is 1. The summed E-state index contributed by atoms with van der Waals surface area (Å²) in [6.45, 7) is 5.87. The van der Waals surface area contributed by atoms with Gasteiger partial charge < -0.3 is 15.0 Å². The number of guanidine groups is 1. The average Bonchev–Trinajstić information content (AvgIpc) is 3.09. The Morgan fingerprint density at radius 2 is 2.26 bits per heavy atom. The summed E-state index contributed by atoms with van der Waals surface area (Å²) in [6, 6.07) is 3.80. The minimum Gasteiger partial charge on any atom is -0.370 e. The van der Waals surface area contributed by atoms with Crippen LogP contribution in [0.4, 0.5) is 0 Å². The van der Waals surface area contributed by atoms with Crippen LogP contribution in [-0.2, 0) is 18.2 Å². The van der Waals surface area contributed by atoms with Crippen LogP contribution in [0.25, 0.3) is 0 Å². The Kier molecular flexibility index (Phi) is 8.78. The molecule has 1 unspecified atom stereocenters. The maximum atomic E-state index is 5.92. The maximum absolute atomic E-state index is 5.92. The van der Waals surface area contributed by atoms with Crippen LogP contribution in [0.5, 0.6) is 0 Å². The van der Waals surface area contributed by atoms with Crippen LogP contribution in [0, 0.1) is 0 Å². The number of aromatic nitrogens is 3. The highest BCUT2D eigenvalue weighted by molar-refractivity contribution is 14.0. The van der Waals surface area contributed by atoms with Crippen LogP contribution in [0.1, 0.15) is 24.2 Å². The predicted molar refractivity (Wildman–Crippen MR) is 118 cm³/mol. The van der Waals surface area contributed by atoms with Gasteiger partial charge in [0.05, 0.1) is 19.3 Å². The highest BCUT2D eigenvalue weighted by Crippen LogP contribution is 2.21. The van der Waals surface area contributed by atoms with Crippen LogP contribution in [-0.4, -0.2) is 58.4 Å². The number of halogens is 2. The number of pyridine rings is 1. The fraction of sp³-hybridized carbons (Fsp3) is 0.500. The Balaban J connectivity index is 0.00000261. The zero-order valence-electron chi connectivity index (χ0n) is 15.6. The largest absolute Gasteiger partial charge is 0.370 e. The number of hydrogen-bond donors (Lipinski definition) is 1. The second kappa shape index (κ2) is 10.8. The van der Waals surface area contributed by atoms with E-state index in [9.17, 15) is 0 Å². The molecule has 0 aliphatic carbocycles. The van der Waals surface area contributed by atoms with Gasteiger partial charge in [0.1, 0.15) is 11.3 Å². The van der Waals surface area contributed by atoms with Crippen molar-refractivity contribution in [2.24, 2.45) is 12.0 Å². The monoisotopic (exact) mass is 504 g/mol. The first kappa shape index (κ1) is 21.9. The number of nitrogens with one attached hydrogen (secondary N) is 1. The van der Waals surface area contributed by atoms with E-state index in [1.165, 1.54) is 0 Å². The second-order valence-electron chi connectivity index (χ2n) is 6.23. The van der Waals surface area contributed by atoms with E-state index < -0.39 is 0 Å². The van der Waals surface area contributed by atoms with E-state index in [1.807, 2.05) is 31.6 Å². The average molecular weight is 505 g/mol. The maximum Gasteiger partial charge on any atom is 0.194 e. The van der Waals surface area contributed by atoms with Gasteiger partial charge in [-0.3, -0.25) is 9.67 Å². The molecule has 2 aromatic heterocycles. The van der Waals surface area contributed by atoms with Crippen molar-refractivity contribution in [2.75, 3.05) is 32.8 Å². The summed E-state index contributed by atoms with van der Waals surface area (Å²) in [6.07, 6.45) is 6.52. The summed E-state index contributed by atoms with van der Waals surface area (Å²) in [7, 11) is 1.92. The molecule has 1 aliphatic heterocycles. The third-order valence-corrected chi connectivity index (χ3v) is 4.47. The fourth-order valence-electron chi connectivity index (χ4n) is 2.92. The molecule has 9 heteroatoms. The molecular weight excluding hydrogens is 479 g/mol. The molecule has 7 nitrogen and oxygen atoms in total. The Morgan fingerprint density at radius 3 is 2.93 bits per heavy atom. The minimum atomic E-state index is 0. The third kappa shape index (κ3) is 6.32. The molecule has 1 fully saturated rings. The van der Waals surface area contributed by atoms with E-state index >= 15 is 0 Å². The predicted octanol–water partition coefficient (Wildman–Crippen LogP) is 2.67. The number of hydrogen-bond acceptors (Lipinski definition) is 4. The van der Waals surface area contributed by atoms with Gasteiger partial charge in [-0.2, -0.15) is 5.10 Å². The molecule has 1 atom stereocenters. The van der Waals surface area contributed by atoms with Crippen LogP contribution in [0.2, 0.25) is 5.15 Å². The van der Waals surface area contributed by atoms with Crippen molar-refractivity contribution in [3.63, 3.8) is 0 Å². The topological polar surface area (TPSA) is 67.6 Å². The minimum absolute atomic E-state index is 0. The Morgan fingerprint density at radius 1 is 1.41 bits per heavy atom. The van der Waals surface area contributed by atoms with Crippen molar-refractivity contribution in [1.29, 1.82) is 0 Å². The van der Waals surface area contributed by atoms with Crippen molar-refractivity contribution < 1.29 is 4.74 Å². The van der Waals surface area contributed by atoms with Crippen LogP contribution in [0.15, 0.2) is 35.7 Å². The quantitative estimate of drug-likeness (QED) is 0.294. The lowest BCUT2D eigenvalue weighted by Gasteiger charge is -2.34. The Hall–Kier alpha value is -1.39. The molecule has 3 rings (SSSR count). The highest BCUT2D eigenvalue weighted by Gasteiger charge is 2.25. The first-order valence-electron chi connectivity index (χ1n) is 8.89. The lowest BCUT2D eigenvalue weighted by molar-refractivity contribution is -0.00803. The van der Waals surface area contributed by atoms with Crippen LogP contribution in [0.3, 0.4) is 0 Å². The summed E-state index contributed by atoms with van der Waals surface area (Å²) in [4.78, 5) is 11.2. The molecular formula is C18H26ClIN6O. The van der Waals surface area contributed by atoms with Crippen LogP contribution >= 0.6 is 35.6 Å². The van der Waals surface area contributed by atoms with Gasteiger partial charge >= 0.3 is 0 Å². The molecule has 27 heavy (non-hydrogen) atoms. The zero-order chi connectivity index (χ0) is 18.4. The Bertz CT molecular complexity index is 736. The number of rotatable bonds is 5. The third-order valence-electron chi connectivity index (χ3n) is 4.25. The molecule has 1 aliphatic rings. The Labute approximate surface area is 182 Å². The number of nitrogens with zero attached hydrogens (tertiary/aromatic N) is 5. The second-order valence-corrected chi connectivity index (χ2v) is 6.61. The molecule has 148 valence electrons. The van der Waals surface area contributed by atoms with Gasteiger partial charge in [-0.25, -0.2) is 4.98 Å².